The molecule has 0 amide bonds. The van der Waals surface area contributed by atoms with Crippen molar-refractivity contribution in [3.63, 3.8) is 0 Å². The summed E-state index contributed by atoms with van der Waals surface area (Å²) in [7, 11) is 0. The van der Waals surface area contributed by atoms with E-state index in [4.69, 9.17) is 11.1 Å². The maximum Gasteiger partial charge on any atom is 0.115 e. The van der Waals surface area contributed by atoms with E-state index in [1.54, 1.807) is 6.08 Å². The van der Waals surface area contributed by atoms with Crippen LogP contribution in [0.25, 0.3) is 17.2 Å². The second kappa shape index (κ2) is 10.4. The molecule has 0 aliphatic carbocycles. The second-order valence-corrected chi connectivity index (χ2v) is 8.20. The Hall–Kier alpha value is -2.43. The Kier molecular flexibility index (Phi) is 7.62. The molecule has 3 N–H and O–H groups in total. The first-order valence-electron chi connectivity index (χ1n) is 10.7. The van der Waals surface area contributed by atoms with Crippen LogP contribution in [-0.2, 0) is 6.54 Å². The monoisotopic (exact) mass is 390 g/mol. The lowest BCUT2D eigenvalue weighted by Crippen LogP contribution is -2.47. The molecule has 4 heteroatoms. The number of rotatable bonds is 8. The molecule has 29 heavy (non-hydrogen) atoms. The number of hydrogen-bond donors (Lipinski definition) is 2. The van der Waals surface area contributed by atoms with E-state index in [1.807, 2.05) is 6.08 Å². The first-order chi connectivity index (χ1) is 14.0. The van der Waals surface area contributed by atoms with Gasteiger partial charge in [0.25, 0.3) is 0 Å². The molecular formula is C25H34N4. The molecule has 1 aliphatic rings. The highest BCUT2D eigenvalue weighted by molar-refractivity contribution is 5.92. The number of nitrogens with zero attached hydrogens (tertiary/aromatic N) is 2. The normalized spacial score (nSPS) is 16.9. The molecule has 2 aromatic rings. The van der Waals surface area contributed by atoms with Gasteiger partial charge in [-0.25, -0.2) is 0 Å². The van der Waals surface area contributed by atoms with Gasteiger partial charge in [0.15, 0.2) is 0 Å². The standard InChI is InChI=1S/C25H34N4/c1-3-20(2)18-28-14-16-29(17-15-28)19-22-6-11-24(12-7-22)23-9-4-21(5-10-23)8-13-25(26)27/h4-13,20H,3,14-19H2,1-2H3,(H3,26,27)/b13-8+. The van der Waals surface area contributed by atoms with Crippen LogP contribution in [0.1, 0.15) is 31.4 Å². The lowest BCUT2D eigenvalue weighted by Gasteiger charge is -2.35. The van der Waals surface area contributed by atoms with Crippen LogP contribution in [-0.4, -0.2) is 48.4 Å². The highest BCUT2D eigenvalue weighted by Crippen LogP contribution is 2.21. The van der Waals surface area contributed by atoms with Gasteiger partial charge in [-0.15, -0.1) is 0 Å². The van der Waals surface area contributed by atoms with Crippen molar-refractivity contribution in [1.82, 2.24) is 9.80 Å². The van der Waals surface area contributed by atoms with Gasteiger partial charge in [-0.05, 0) is 34.2 Å². The van der Waals surface area contributed by atoms with Crippen LogP contribution < -0.4 is 5.73 Å². The van der Waals surface area contributed by atoms with Gasteiger partial charge in [-0.2, -0.15) is 0 Å². The fraction of sp³-hybridized carbons (Fsp3) is 0.400. The predicted octanol–water partition coefficient (Wildman–Crippen LogP) is 4.47. The zero-order valence-electron chi connectivity index (χ0n) is 17.8. The summed E-state index contributed by atoms with van der Waals surface area (Å²) in [4.78, 5) is 5.18. The summed E-state index contributed by atoms with van der Waals surface area (Å²) >= 11 is 0. The van der Waals surface area contributed by atoms with Gasteiger partial charge < -0.3 is 10.6 Å². The largest absolute Gasteiger partial charge is 0.384 e. The van der Waals surface area contributed by atoms with Gasteiger partial charge in [0.05, 0.1) is 0 Å². The summed E-state index contributed by atoms with van der Waals surface area (Å²) in [5.41, 5.74) is 10.2. The van der Waals surface area contributed by atoms with Crippen LogP contribution in [0.5, 0.6) is 0 Å². The molecule has 1 aliphatic heterocycles. The van der Waals surface area contributed by atoms with Crippen molar-refractivity contribution in [3.05, 3.63) is 65.7 Å². The lowest BCUT2D eigenvalue weighted by molar-refractivity contribution is 0.114. The molecule has 154 valence electrons. The third-order valence-electron chi connectivity index (χ3n) is 5.79. The Morgan fingerprint density at radius 2 is 1.52 bits per heavy atom. The van der Waals surface area contributed by atoms with Crippen molar-refractivity contribution in [2.24, 2.45) is 11.7 Å². The summed E-state index contributed by atoms with van der Waals surface area (Å²) in [6.45, 7) is 11.6. The third kappa shape index (κ3) is 6.55. The van der Waals surface area contributed by atoms with Gasteiger partial charge in [-0.3, -0.25) is 10.3 Å². The van der Waals surface area contributed by atoms with Crippen LogP contribution in [0.3, 0.4) is 0 Å². The highest BCUT2D eigenvalue weighted by Gasteiger charge is 2.18. The summed E-state index contributed by atoms with van der Waals surface area (Å²) in [6.07, 6.45) is 4.73. The van der Waals surface area contributed by atoms with E-state index in [1.165, 1.54) is 42.7 Å². The van der Waals surface area contributed by atoms with Crippen LogP contribution in [0.15, 0.2) is 54.6 Å². The fourth-order valence-corrected chi connectivity index (χ4v) is 3.73. The van der Waals surface area contributed by atoms with E-state index < -0.39 is 0 Å². The molecule has 0 saturated carbocycles. The molecule has 1 saturated heterocycles. The molecule has 0 spiro atoms. The van der Waals surface area contributed by atoms with Crippen molar-refractivity contribution in [2.75, 3.05) is 32.7 Å². The molecule has 3 rings (SSSR count). The van der Waals surface area contributed by atoms with Gasteiger partial charge in [0, 0.05) is 39.3 Å². The Balaban J connectivity index is 1.52. The molecule has 4 nitrogen and oxygen atoms in total. The van der Waals surface area contributed by atoms with Crippen molar-refractivity contribution >= 4 is 11.9 Å². The SMILES string of the molecule is CCC(C)CN1CCN(Cc2ccc(-c3ccc(/C=C/C(=N)N)cc3)cc2)CC1. The maximum absolute atomic E-state index is 7.26. The molecule has 0 radical (unpaired) electrons. The minimum absolute atomic E-state index is 0.0709. The van der Waals surface area contributed by atoms with Crippen molar-refractivity contribution in [3.8, 4) is 11.1 Å². The van der Waals surface area contributed by atoms with Gasteiger partial charge in [0.1, 0.15) is 5.84 Å². The molecule has 1 unspecified atom stereocenters. The third-order valence-corrected chi connectivity index (χ3v) is 5.79. The molecule has 0 aromatic heterocycles. The second-order valence-electron chi connectivity index (χ2n) is 8.20. The number of nitrogens with two attached hydrogens (primary N) is 1. The fourth-order valence-electron chi connectivity index (χ4n) is 3.73. The van der Waals surface area contributed by atoms with Crippen molar-refractivity contribution in [2.45, 2.75) is 26.8 Å². The Morgan fingerprint density at radius 3 is 2.07 bits per heavy atom. The number of nitrogens with one attached hydrogen (secondary N) is 1. The average Bonchev–Trinajstić information content (AvgIpc) is 2.74. The smallest absolute Gasteiger partial charge is 0.115 e. The van der Waals surface area contributed by atoms with Crippen LogP contribution in [0.4, 0.5) is 0 Å². The molecular weight excluding hydrogens is 356 g/mol. The Labute approximate surface area is 175 Å². The van der Waals surface area contributed by atoms with Crippen LogP contribution in [0.2, 0.25) is 0 Å². The maximum atomic E-state index is 7.26. The quantitative estimate of drug-likeness (QED) is 0.517. The zero-order valence-corrected chi connectivity index (χ0v) is 17.8. The predicted molar refractivity (Wildman–Crippen MR) is 124 cm³/mol. The summed E-state index contributed by atoms with van der Waals surface area (Å²) in [5, 5.41) is 7.26. The minimum atomic E-state index is 0.0709. The Bertz CT molecular complexity index is 800. The van der Waals surface area contributed by atoms with Gasteiger partial charge in [-0.1, -0.05) is 74.9 Å². The average molecular weight is 391 g/mol. The summed E-state index contributed by atoms with van der Waals surface area (Å²) < 4.78 is 0. The number of hydrogen-bond acceptors (Lipinski definition) is 3. The van der Waals surface area contributed by atoms with Crippen LogP contribution >= 0.6 is 0 Å². The first kappa shape index (κ1) is 21.3. The number of benzene rings is 2. The van der Waals surface area contributed by atoms with E-state index in [0.717, 1.165) is 31.1 Å². The van der Waals surface area contributed by atoms with E-state index in [2.05, 4.69) is 72.2 Å². The molecule has 1 fully saturated rings. The lowest BCUT2D eigenvalue weighted by atomic mass is 10.0. The number of piperazine rings is 1. The summed E-state index contributed by atoms with van der Waals surface area (Å²) in [5.74, 6) is 0.870. The molecule has 0 bridgehead atoms. The van der Waals surface area contributed by atoms with Crippen molar-refractivity contribution < 1.29 is 0 Å². The van der Waals surface area contributed by atoms with Gasteiger partial charge in [0.2, 0.25) is 0 Å². The van der Waals surface area contributed by atoms with Crippen LogP contribution in [0, 0.1) is 11.3 Å². The minimum Gasteiger partial charge on any atom is -0.384 e. The first-order valence-corrected chi connectivity index (χ1v) is 10.7. The summed E-state index contributed by atoms with van der Waals surface area (Å²) in [6, 6.07) is 17.3. The van der Waals surface area contributed by atoms with E-state index in [0.29, 0.717) is 0 Å². The molecule has 1 heterocycles. The van der Waals surface area contributed by atoms with E-state index in [9.17, 15) is 0 Å². The zero-order chi connectivity index (χ0) is 20.6. The van der Waals surface area contributed by atoms with E-state index in [-0.39, 0.29) is 5.84 Å². The molecule has 1 atom stereocenters. The molecule has 2 aromatic carbocycles. The Morgan fingerprint density at radius 1 is 0.966 bits per heavy atom. The van der Waals surface area contributed by atoms with Crippen molar-refractivity contribution in [1.29, 1.82) is 5.41 Å². The topological polar surface area (TPSA) is 56.4 Å². The van der Waals surface area contributed by atoms with Gasteiger partial charge >= 0.3 is 0 Å². The highest BCUT2D eigenvalue weighted by atomic mass is 15.3. The van der Waals surface area contributed by atoms with E-state index >= 15 is 0 Å². The number of amidine groups is 1.